The van der Waals surface area contributed by atoms with Gasteiger partial charge in [-0.3, -0.25) is 25.2 Å². The van der Waals surface area contributed by atoms with Gasteiger partial charge in [0, 0.05) is 11.1 Å². The minimum atomic E-state index is -0.861. The molecule has 0 saturated carbocycles. The Bertz CT molecular complexity index is 943. The van der Waals surface area contributed by atoms with Crippen molar-refractivity contribution in [2.75, 3.05) is 20.8 Å². The summed E-state index contributed by atoms with van der Waals surface area (Å²) in [6, 6.07) is 10.4. The van der Waals surface area contributed by atoms with Crippen molar-refractivity contribution >= 4 is 17.7 Å². The van der Waals surface area contributed by atoms with Crippen LogP contribution in [0.15, 0.2) is 42.5 Å². The SMILES string of the molecule is CCOc1ccc(C(=O)NC(C(=O)NNC(=O)c2ccc(OC)c(OC)c2)C(C)C)cc1. The number of hydrazine groups is 1. The molecule has 2 rings (SSSR count). The van der Waals surface area contributed by atoms with Gasteiger partial charge in [-0.15, -0.1) is 0 Å². The topological polar surface area (TPSA) is 115 Å². The first kappa shape index (κ1) is 24.5. The smallest absolute Gasteiger partial charge is 0.269 e. The molecule has 9 nitrogen and oxygen atoms in total. The normalized spacial score (nSPS) is 11.3. The summed E-state index contributed by atoms with van der Waals surface area (Å²) >= 11 is 0. The zero-order chi connectivity index (χ0) is 23.7. The summed E-state index contributed by atoms with van der Waals surface area (Å²) in [6.45, 7) is 5.98. The van der Waals surface area contributed by atoms with Crippen molar-refractivity contribution in [2.24, 2.45) is 5.92 Å². The molecule has 0 aliphatic rings. The van der Waals surface area contributed by atoms with Gasteiger partial charge < -0.3 is 19.5 Å². The molecule has 1 unspecified atom stereocenters. The molecule has 0 spiro atoms. The van der Waals surface area contributed by atoms with Crippen molar-refractivity contribution in [2.45, 2.75) is 26.8 Å². The molecule has 0 aliphatic heterocycles. The van der Waals surface area contributed by atoms with E-state index in [2.05, 4.69) is 16.2 Å². The predicted molar refractivity (Wildman–Crippen MR) is 119 cm³/mol. The van der Waals surface area contributed by atoms with Crippen LogP contribution < -0.4 is 30.4 Å². The Hall–Kier alpha value is -3.75. The highest BCUT2D eigenvalue weighted by Crippen LogP contribution is 2.27. The molecular formula is C23H29N3O6. The highest BCUT2D eigenvalue weighted by atomic mass is 16.5. The lowest BCUT2D eigenvalue weighted by molar-refractivity contribution is -0.124. The van der Waals surface area contributed by atoms with E-state index in [1.807, 2.05) is 6.92 Å². The second-order valence-corrected chi connectivity index (χ2v) is 7.17. The number of rotatable bonds is 9. The number of nitrogens with one attached hydrogen (secondary N) is 3. The number of carbonyl (C=O) groups is 3. The van der Waals surface area contributed by atoms with Gasteiger partial charge in [0.15, 0.2) is 11.5 Å². The van der Waals surface area contributed by atoms with E-state index in [0.717, 1.165) is 0 Å². The molecule has 3 N–H and O–H groups in total. The fourth-order valence-corrected chi connectivity index (χ4v) is 2.87. The van der Waals surface area contributed by atoms with Crippen LogP contribution in [-0.4, -0.2) is 44.6 Å². The van der Waals surface area contributed by atoms with Crippen molar-refractivity contribution in [1.82, 2.24) is 16.2 Å². The average Bonchev–Trinajstić information content (AvgIpc) is 2.80. The largest absolute Gasteiger partial charge is 0.494 e. The van der Waals surface area contributed by atoms with Crippen molar-refractivity contribution in [1.29, 1.82) is 0 Å². The minimum Gasteiger partial charge on any atom is -0.494 e. The van der Waals surface area contributed by atoms with Gasteiger partial charge in [0.2, 0.25) is 0 Å². The van der Waals surface area contributed by atoms with Crippen LogP contribution in [0.2, 0.25) is 0 Å². The minimum absolute atomic E-state index is 0.223. The van der Waals surface area contributed by atoms with Crippen LogP contribution >= 0.6 is 0 Å². The van der Waals surface area contributed by atoms with E-state index in [-0.39, 0.29) is 11.5 Å². The first-order chi connectivity index (χ1) is 15.3. The Kier molecular flexibility index (Phi) is 8.88. The summed E-state index contributed by atoms with van der Waals surface area (Å²) < 4.78 is 15.7. The molecule has 0 aromatic heterocycles. The van der Waals surface area contributed by atoms with E-state index in [0.29, 0.717) is 29.4 Å². The van der Waals surface area contributed by atoms with Crippen molar-refractivity contribution in [3.8, 4) is 17.2 Å². The third-order valence-corrected chi connectivity index (χ3v) is 4.61. The van der Waals surface area contributed by atoms with Crippen molar-refractivity contribution < 1.29 is 28.6 Å². The number of methoxy groups -OCH3 is 2. The second kappa shape index (κ2) is 11.6. The summed E-state index contributed by atoms with van der Waals surface area (Å²) in [6.07, 6.45) is 0. The summed E-state index contributed by atoms with van der Waals surface area (Å²) in [5.74, 6) is -0.209. The number of hydrogen-bond donors (Lipinski definition) is 3. The number of benzene rings is 2. The molecular weight excluding hydrogens is 414 g/mol. The maximum atomic E-state index is 12.6. The average molecular weight is 444 g/mol. The zero-order valence-corrected chi connectivity index (χ0v) is 18.9. The summed E-state index contributed by atoms with van der Waals surface area (Å²) in [4.78, 5) is 37.6. The molecule has 172 valence electrons. The fraction of sp³-hybridized carbons (Fsp3) is 0.348. The molecule has 9 heteroatoms. The highest BCUT2D eigenvalue weighted by molar-refractivity contribution is 5.99. The Morgan fingerprint density at radius 3 is 2.03 bits per heavy atom. The van der Waals surface area contributed by atoms with Crippen molar-refractivity contribution in [3.05, 3.63) is 53.6 Å². The van der Waals surface area contributed by atoms with Crippen molar-refractivity contribution in [3.63, 3.8) is 0 Å². The van der Waals surface area contributed by atoms with Gasteiger partial charge >= 0.3 is 0 Å². The molecule has 2 aromatic carbocycles. The fourth-order valence-electron chi connectivity index (χ4n) is 2.87. The first-order valence-electron chi connectivity index (χ1n) is 10.2. The molecule has 0 saturated heterocycles. The number of hydrogen-bond acceptors (Lipinski definition) is 6. The van der Waals surface area contributed by atoms with Crippen LogP contribution in [0.5, 0.6) is 17.2 Å². The van der Waals surface area contributed by atoms with Crippen LogP contribution in [0.25, 0.3) is 0 Å². The molecule has 0 aliphatic carbocycles. The Morgan fingerprint density at radius 1 is 0.844 bits per heavy atom. The van der Waals surface area contributed by atoms with Crippen LogP contribution in [0.4, 0.5) is 0 Å². The lowest BCUT2D eigenvalue weighted by atomic mass is 10.0. The van der Waals surface area contributed by atoms with Crippen LogP contribution in [0, 0.1) is 5.92 Å². The maximum Gasteiger partial charge on any atom is 0.269 e. The molecule has 1 atom stereocenters. The molecule has 3 amide bonds. The molecule has 0 fully saturated rings. The molecule has 32 heavy (non-hydrogen) atoms. The van der Waals surface area contributed by atoms with Gasteiger partial charge in [0.25, 0.3) is 17.7 Å². The van der Waals surface area contributed by atoms with E-state index in [1.54, 1.807) is 44.2 Å². The van der Waals surface area contributed by atoms with E-state index in [1.165, 1.54) is 26.4 Å². The molecule has 0 heterocycles. The van der Waals surface area contributed by atoms with E-state index < -0.39 is 23.8 Å². The standard InChI is InChI=1S/C23H29N3O6/c1-6-32-17-10-7-15(8-11-17)21(27)24-20(14(2)3)23(29)26-25-22(28)16-9-12-18(30-4)19(13-16)31-5/h7-14,20H,6H2,1-5H3,(H,24,27)(H,25,28)(H,26,29). The summed E-state index contributed by atoms with van der Waals surface area (Å²) in [5.41, 5.74) is 5.38. The van der Waals surface area contributed by atoms with Gasteiger partial charge in [-0.25, -0.2) is 0 Å². The quantitative estimate of drug-likeness (QED) is 0.513. The van der Waals surface area contributed by atoms with Gasteiger partial charge in [-0.05, 0) is 55.3 Å². The Labute approximate surface area is 187 Å². The monoisotopic (exact) mass is 443 g/mol. The summed E-state index contributed by atoms with van der Waals surface area (Å²) in [5, 5.41) is 2.70. The number of amides is 3. The van der Waals surface area contributed by atoms with Gasteiger partial charge in [0.05, 0.1) is 20.8 Å². The van der Waals surface area contributed by atoms with E-state index in [9.17, 15) is 14.4 Å². The number of ether oxygens (including phenoxy) is 3. The first-order valence-corrected chi connectivity index (χ1v) is 10.2. The molecule has 0 radical (unpaired) electrons. The van der Waals surface area contributed by atoms with E-state index in [4.69, 9.17) is 14.2 Å². The zero-order valence-electron chi connectivity index (χ0n) is 18.9. The third kappa shape index (κ3) is 6.37. The lowest BCUT2D eigenvalue weighted by Gasteiger charge is -2.22. The second-order valence-electron chi connectivity index (χ2n) is 7.17. The predicted octanol–water partition coefficient (Wildman–Crippen LogP) is 2.32. The number of carbonyl (C=O) groups excluding carboxylic acids is 3. The van der Waals surface area contributed by atoms with Gasteiger partial charge in [0.1, 0.15) is 11.8 Å². The van der Waals surface area contributed by atoms with Crippen LogP contribution in [-0.2, 0) is 4.79 Å². The molecule has 0 bridgehead atoms. The lowest BCUT2D eigenvalue weighted by Crippen LogP contribution is -2.54. The van der Waals surface area contributed by atoms with Gasteiger partial charge in [-0.2, -0.15) is 0 Å². The van der Waals surface area contributed by atoms with Crippen LogP contribution in [0.1, 0.15) is 41.5 Å². The maximum absolute atomic E-state index is 12.6. The highest BCUT2D eigenvalue weighted by Gasteiger charge is 2.25. The Balaban J connectivity index is 2.00. The third-order valence-electron chi connectivity index (χ3n) is 4.61. The van der Waals surface area contributed by atoms with Gasteiger partial charge in [-0.1, -0.05) is 13.8 Å². The van der Waals surface area contributed by atoms with E-state index >= 15 is 0 Å². The van der Waals surface area contributed by atoms with Crippen LogP contribution in [0.3, 0.4) is 0 Å². The molecule has 2 aromatic rings. The summed E-state index contributed by atoms with van der Waals surface area (Å²) in [7, 11) is 2.95. The Morgan fingerprint density at radius 2 is 1.47 bits per heavy atom.